The van der Waals surface area contributed by atoms with Crippen LogP contribution in [-0.2, 0) is 9.53 Å². The van der Waals surface area contributed by atoms with Gasteiger partial charge in [-0.25, -0.2) is 0 Å². The van der Waals surface area contributed by atoms with Crippen LogP contribution in [0.15, 0.2) is 11.6 Å². The number of Topliss-reactive ketones (excluding diaryl/α,β-unsaturated/α-hetero) is 1. The lowest BCUT2D eigenvalue weighted by Gasteiger charge is -2.26. The summed E-state index contributed by atoms with van der Waals surface area (Å²) in [5, 5.41) is 0. The third-order valence-electron chi connectivity index (χ3n) is 3.48. The molecule has 1 heterocycles. The number of ketones is 1. The summed E-state index contributed by atoms with van der Waals surface area (Å²) in [6, 6.07) is 0. The van der Waals surface area contributed by atoms with Crippen LogP contribution in [0.25, 0.3) is 0 Å². The highest BCUT2D eigenvalue weighted by Gasteiger charge is 2.15. The standard InChI is InChI=1S/C14H25NO2/c1-4-12(2)14(16)13(3)6-5-7-15-8-10-17-11-9-15/h4,13H,5-11H2,1-3H3/b12-4-/t13-/m0/s1. The molecule has 1 saturated heterocycles. The van der Waals surface area contributed by atoms with Gasteiger partial charge in [-0.1, -0.05) is 13.0 Å². The van der Waals surface area contributed by atoms with Gasteiger partial charge in [0.15, 0.2) is 5.78 Å². The summed E-state index contributed by atoms with van der Waals surface area (Å²) in [5.41, 5.74) is 0.892. The molecule has 0 spiro atoms. The molecule has 1 atom stereocenters. The largest absolute Gasteiger partial charge is 0.379 e. The molecule has 0 aliphatic carbocycles. The van der Waals surface area contributed by atoms with E-state index in [9.17, 15) is 4.79 Å². The molecule has 1 fully saturated rings. The van der Waals surface area contributed by atoms with Crippen molar-refractivity contribution in [1.82, 2.24) is 4.90 Å². The Kier molecular flexibility index (Phi) is 6.45. The summed E-state index contributed by atoms with van der Waals surface area (Å²) in [5.74, 6) is 0.460. The molecule has 1 aliphatic heterocycles. The van der Waals surface area contributed by atoms with E-state index in [4.69, 9.17) is 4.74 Å². The van der Waals surface area contributed by atoms with Gasteiger partial charge in [0.25, 0.3) is 0 Å². The van der Waals surface area contributed by atoms with E-state index < -0.39 is 0 Å². The molecule has 98 valence electrons. The summed E-state index contributed by atoms with van der Waals surface area (Å²) >= 11 is 0. The van der Waals surface area contributed by atoms with Crippen molar-refractivity contribution < 1.29 is 9.53 Å². The Bertz CT molecular complexity index is 267. The maximum Gasteiger partial charge on any atom is 0.161 e. The fourth-order valence-electron chi connectivity index (χ4n) is 2.11. The molecular formula is C14H25NO2. The van der Waals surface area contributed by atoms with Crippen LogP contribution in [0.5, 0.6) is 0 Å². The molecule has 0 N–H and O–H groups in total. The average Bonchev–Trinajstić information content (AvgIpc) is 2.38. The molecule has 0 unspecified atom stereocenters. The highest BCUT2D eigenvalue weighted by atomic mass is 16.5. The molecule has 0 amide bonds. The second-order valence-corrected chi connectivity index (χ2v) is 4.83. The zero-order valence-electron chi connectivity index (χ0n) is 11.4. The van der Waals surface area contributed by atoms with E-state index in [0.717, 1.165) is 51.3 Å². The Hall–Kier alpha value is -0.670. The van der Waals surface area contributed by atoms with Crippen LogP contribution < -0.4 is 0 Å². The summed E-state index contributed by atoms with van der Waals surface area (Å²) in [7, 11) is 0. The van der Waals surface area contributed by atoms with E-state index in [-0.39, 0.29) is 5.92 Å². The first-order chi connectivity index (χ1) is 8.15. The van der Waals surface area contributed by atoms with Gasteiger partial charge in [-0.05, 0) is 38.8 Å². The molecule has 0 aromatic carbocycles. The van der Waals surface area contributed by atoms with Gasteiger partial charge < -0.3 is 4.74 Å². The Balaban J connectivity index is 2.19. The van der Waals surface area contributed by atoms with Crippen molar-refractivity contribution in [3.8, 4) is 0 Å². The predicted octanol–water partition coefficient (Wildman–Crippen LogP) is 2.27. The lowest BCUT2D eigenvalue weighted by molar-refractivity contribution is -0.118. The number of carbonyl (C=O) groups excluding carboxylic acids is 1. The van der Waals surface area contributed by atoms with Crippen molar-refractivity contribution in [2.24, 2.45) is 5.92 Å². The van der Waals surface area contributed by atoms with Crippen molar-refractivity contribution >= 4 is 5.78 Å². The van der Waals surface area contributed by atoms with Gasteiger partial charge in [0.1, 0.15) is 0 Å². The number of allylic oxidation sites excluding steroid dienone is 2. The summed E-state index contributed by atoms with van der Waals surface area (Å²) in [6.45, 7) is 10.7. The molecule has 0 aromatic heterocycles. The Morgan fingerprint density at radius 2 is 2.06 bits per heavy atom. The van der Waals surface area contributed by atoms with Crippen LogP contribution in [-0.4, -0.2) is 43.5 Å². The average molecular weight is 239 g/mol. The van der Waals surface area contributed by atoms with Crippen molar-refractivity contribution in [3.05, 3.63) is 11.6 Å². The zero-order valence-corrected chi connectivity index (χ0v) is 11.4. The molecule has 0 saturated carbocycles. The molecule has 1 aliphatic rings. The van der Waals surface area contributed by atoms with E-state index >= 15 is 0 Å². The summed E-state index contributed by atoms with van der Waals surface area (Å²) in [4.78, 5) is 14.3. The Morgan fingerprint density at radius 1 is 1.41 bits per heavy atom. The predicted molar refractivity (Wildman–Crippen MR) is 70.1 cm³/mol. The zero-order chi connectivity index (χ0) is 12.7. The maximum absolute atomic E-state index is 11.9. The number of hydrogen-bond acceptors (Lipinski definition) is 3. The highest BCUT2D eigenvalue weighted by molar-refractivity contribution is 5.96. The van der Waals surface area contributed by atoms with Crippen LogP contribution in [0.2, 0.25) is 0 Å². The van der Waals surface area contributed by atoms with Gasteiger partial charge in [-0.3, -0.25) is 9.69 Å². The van der Waals surface area contributed by atoms with Crippen molar-refractivity contribution in [1.29, 1.82) is 0 Å². The van der Waals surface area contributed by atoms with Crippen LogP contribution >= 0.6 is 0 Å². The minimum atomic E-state index is 0.159. The second kappa shape index (κ2) is 7.62. The minimum absolute atomic E-state index is 0.159. The SMILES string of the molecule is C/C=C(/C)C(=O)[C@@H](C)CCCN1CCOCC1. The van der Waals surface area contributed by atoms with E-state index in [1.54, 1.807) is 0 Å². The molecule has 3 nitrogen and oxygen atoms in total. The van der Waals surface area contributed by atoms with Crippen molar-refractivity contribution in [2.75, 3.05) is 32.8 Å². The maximum atomic E-state index is 11.9. The third-order valence-corrected chi connectivity index (χ3v) is 3.48. The van der Waals surface area contributed by atoms with E-state index in [1.165, 1.54) is 0 Å². The number of carbonyl (C=O) groups is 1. The molecule has 0 radical (unpaired) electrons. The number of ether oxygens (including phenoxy) is 1. The highest BCUT2D eigenvalue weighted by Crippen LogP contribution is 2.13. The molecule has 0 bridgehead atoms. The summed E-state index contributed by atoms with van der Waals surface area (Å²) < 4.78 is 5.31. The number of nitrogens with zero attached hydrogens (tertiary/aromatic N) is 1. The van der Waals surface area contributed by atoms with Crippen molar-refractivity contribution in [2.45, 2.75) is 33.6 Å². The first kappa shape index (κ1) is 14.4. The fourth-order valence-corrected chi connectivity index (χ4v) is 2.11. The molecular weight excluding hydrogens is 214 g/mol. The van der Waals surface area contributed by atoms with E-state index in [0.29, 0.717) is 5.78 Å². The molecule has 3 heteroatoms. The van der Waals surface area contributed by atoms with Crippen LogP contribution in [0.1, 0.15) is 33.6 Å². The molecule has 17 heavy (non-hydrogen) atoms. The first-order valence-electron chi connectivity index (χ1n) is 6.62. The van der Waals surface area contributed by atoms with E-state index in [2.05, 4.69) is 4.90 Å². The molecule has 1 rings (SSSR count). The molecule has 0 aromatic rings. The van der Waals surface area contributed by atoms with E-state index in [1.807, 2.05) is 26.8 Å². The Labute approximate surface area is 105 Å². The van der Waals surface area contributed by atoms with Gasteiger partial charge in [0, 0.05) is 19.0 Å². The monoisotopic (exact) mass is 239 g/mol. The number of rotatable bonds is 6. The topological polar surface area (TPSA) is 29.5 Å². The van der Waals surface area contributed by atoms with Gasteiger partial charge in [-0.15, -0.1) is 0 Å². The van der Waals surface area contributed by atoms with Gasteiger partial charge in [0.05, 0.1) is 13.2 Å². The van der Waals surface area contributed by atoms with Crippen molar-refractivity contribution in [3.63, 3.8) is 0 Å². The van der Waals surface area contributed by atoms with Crippen LogP contribution in [0, 0.1) is 5.92 Å². The number of morpholine rings is 1. The number of hydrogen-bond donors (Lipinski definition) is 0. The van der Waals surface area contributed by atoms with Crippen LogP contribution in [0.3, 0.4) is 0 Å². The van der Waals surface area contributed by atoms with Gasteiger partial charge in [0.2, 0.25) is 0 Å². The second-order valence-electron chi connectivity index (χ2n) is 4.83. The van der Waals surface area contributed by atoms with Crippen LogP contribution in [0.4, 0.5) is 0 Å². The smallest absolute Gasteiger partial charge is 0.161 e. The lowest BCUT2D eigenvalue weighted by atomic mass is 9.95. The van der Waals surface area contributed by atoms with Gasteiger partial charge in [-0.2, -0.15) is 0 Å². The van der Waals surface area contributed by atoms with Gasteiger partial charge >= 0.3 is 0 Å². The quantitative estimate of drug-likeness (QED) is 0.666. The normalized spacial score (nSPS) is 20.3. The first-order valence-corrected chi connectivity index (χ1v) is 6.62. The lowest BCUT2D eigenvalue weighted by Crippen LogP contribution is -2.37. The minimum Gasteiger partial charge on any atom is -0.379 e. The fraction of sp³-hybridized carbons (Fsp3) is 0.786. The third kappa shape index (κ3) is 5.00. The Morgan fingerprint density at radius 3 is 2.65 bits per heavy atom. The summed E-state index contributed by atoms with van der Waals surface area (Å²) in [6.07, 6.45) is 3.99.